The Morgan fingerprint density at radius 3 is 2.50 bits per heavy atom. The second-order valence-corrected chi connectivity index (χ2v) is 8.93. The van der Waals surface area contributed by atoms with Crippen LogP contribution >= 0.6 is 0 Å². The van der Waals surface area contributed by atoms with E-state index in [1.54, 1.807) is 7.11 Å². The Balaban J connectivity index is 1.44. The molecule has 7 nitrogen and oxygen atoms in total. The molecule has 2 heterocycles. The van der Waals surface area contributed by atoms with Crippen LogP contribution in [-0.4, -0.2) is 49.7 Å². The van der Waals surface area contributed by atoms with Gasteiger partial charge in [-0.25, -0.2) is 0 Å². The number of benzene rings is 2. The van der Waals surface area contributed by atoms with Crippen LogP contribution in [0, 0.1) is 5.92 Å². The molecule has 0 aliphatic carbocycles. The number of hydrogen-bond donors (Lipinski definition) is 1. The van der Waals surface area contributed by atoms with Crippen molar-refractivity contribution in [1.29, 1.82) is 0 Å². The van der Waals surface area contributed by atoms with E-state index in [-0.39, 0.29) is 30.4 Å². The van der Waals surface area contributed by atoms with Crippen molar-refractivity contribution in [3.8, 4) is 11.5 Å². The van der Waals surface area contributed by atoms with Gasteiger partial charge in [0, 0.05) is 25.3 Å². The molecule has 182 valence electrons. The van der Waals surface area contributed by atoms with Crippen molar-refractivity contribution in [2.75, 3.05) is 32.2 Å². The van der Waals surface area contributed by atoms with Gasteiger partial charge in [-0.2, -0.15) is 0 Å². The van der Waals surface area contributed by atoms with Crippen LogP contribution in [0.15, 0.2) is 48.5 Å². The molecule has 2 aromatic carbocycles. The first-order valence-corrected chi connectivity index (χ1v) is 12.2. The minimum absolute atomic E-state index is 0.0206. The molecule has 0 radical (unpaired) electrons. The average Bonchev–Trinajstić information content (AvgIpc) is 3.50. The zero-order valence-electron chi connectivity index (χ0n) is 20.0. The van der Waals surface area contributed by atoms with Crippen molar-refractivity contribution in [2.45, 2.75) is 51.2 Å². The quantitative estimate of drug-likeness (QED) is 0.555. The Labute approximate surface area is 201 Å². The number of likely N-dealkylation sites (tertiary alicyclic amines) is 1. The minimum Gasteiger partial charge on any atom is -0.497 e. The highest BCUT2D eigenvalue weighted by Gasteiger charge is 2.44. The van der Waals surface area contributed by atoms with Crippen molar-refractivity contribution < 1.29 is 23.8 Å². The second kappa shape index (κ2) is 11.4. The smallest absolute Gasteiger partial charge is 0.230 e. The first-order chi connectivity index (χ1) is 16.6. The maximum absolute atomic E-state index is 13.3. The van der Waals surface area contributed by atoms with Gasteiger partial charge in [0.1, 0.15) is 18.1 Å². The minimum atomic E-state index is -0.465. The number of ether oxygens (including phenoxy) is 3. The van der Waals surface area contributed by atoms with Crippen LogP contribution in [0.2, 0.25) is 0 Å². The first kappa shape index (κ1) is 24.1. The summed E-state index contributed by atoms with van der Waals surface area (Å²) >= 11 is 0. The number of hydrogen-bond acceptors (Lipinski definition) is 5. The number of amides is 2. The van der Waals surface area contributed by atoms with Crippen LogP contribution in [0.1, 0.15) is 50.6 Å². The Hall–Kier alpha value is -3.06. The SMILES string of the molecule is CCCCN1C(=O)CC(C(=O)Nc2ccc(OCC3CCCO3)cc2)C1c1ccc(OC)cc1. The molecule has 2 aromatic rings. The van der Waals surface area contributed by atoms with Crippen LogP contribution in [0.4, 0.5) is 5.69 Å². The van der Waals surface area contributed by atoms with Crippen LogP contribution in [0.5, 0.6) is 11.5 Å². The molecule has 0 saturated carbocycles. The van der Waals surface area contributed by atoms with Crippen molar-refractivity contribution in [1.82, 2.24) is 4.90 Å². The van der Waals surface area contributed by atoms with Gasteiger partial charge in [0.2, 0.25) is 11.8 Å². The van der Waals surface area contributed by atoms with E-state index in [0.717, 1.165) is 49.4 Å². The van der Waals surface area contributed by atoms with Gasteiger partial charge in [-0.05, 0) is 61.2 Å². The lowest BCUT2D eigenvalue weighted by Crippen LogP contribution is -2.33. The molecule has 2 saturated heterocycles. The number of carbonyl (C=O) groups excluding carboxylic acids is 2. The normalized spacial score (nSPS) is 22.1. The summed E-state index contributed by atoms with van der Waals surface area (Å²) in [6, 6.07) is 14.7. The van der Waals surface area contributed by atoms with Gasteiger partial charge in [0.25, 0.3) is 0 Å². The Bertz CT molecular complexity index is 954. The summed E-state index contributed by atoms with van der Waals surface area (Å²) in [7, 11) is 1.62. The van der Waals surface area contributed by atoms with Gasteiger partial charge >= 0.3 is 0 Å². The molecule has 2 amide bonds. The third-order valence-corrected chi connectivity index (χ3v) is 6.56. The summed E-state index contributed by atoms with van der Waals surface area (Å²) in [5.41, 5.74) is 1.63. The molecule has 0 spiro atoms. The summed E-state index contributed by atoms with van der Waals surface area (Å²) < 4.78 is 16.7. The monoisotopic (exact) mass is 466 g/mol. The molecule has 7 heteroatoms. The third kappa shape index (κ3) is 5.70. The molecule has 2 aliphatic rings. The van der Waals surface area contributed by atoms with E-state index in [1.807, 2.05) is 53.4 Å². The second-order valence-electron chi connectivity index (χ2n) is 8.93. The van der Waals surface area contributed by atoms with Crippen molar-refractivity contribution in [3.63, 3.8) is 0 Å². The first-order valence-electron chi connectivity index (χ1n) is 12.2. The molecule has 3 unspecified atom stereocenters. The summed E-state index contributed by atoms with van der Waals surface area (Å²) in [5, 5.41) is 3.01. The Morgan fingerprint density at radius 2 is 1.85 bits per heavy atom. The molecule has 0 aromatic heterocycles. The predicted molar refractivity (Wildman–Crippen MR) is 130 cm³/mol. The molecular formula is C27H34N2O5. The molecule has 34 heavy (non-hydrogen) atoms. The summed E-state index contributed by atoms with van der Waals surface area (Å²) in [6.45, 7) is 4.08. The summed E-state index contributed by atoms with van der Waals surface area (Å²) in [4.78, 5) is 28.0. The zero-order chi connectivity index (χ0) is 23.9. The Morgan fingerprint density at radius 1 is 1.12 bits per heavy atom. The molecule has 4 rings (SSSR count). The number of anilines is 1. The standard InChI is InChI=1S/C27H34N2O5/c1-3-4-15-29-25(30)17-24(26(29)19-7-11-21(32-2)12-8-19)27(31)28-20-9-13-22(14-10-20)34-18-23-6-5-16-33-23/h7-14,23-24,26H,3-6,15-18H2,1-2H3,(H,28,31). The zero-order valence-corrected chi connectivity index (χ0v) is 20.0. The van der Waals surface area contributed by atoms with E-state index in [1.165, 1.54) is 0 Å². The fourth-order valence-corrected chi connectivity index (χ4v) is 4.67. The fourth-order valence-electron chi connectivity index (χ4n) is 4.67. The Kier molecular flexibility index (Phi) is 8.06. The maximum atomic E-state index is 13.3. The van der Waals surface area contributed by atoms with Gasteiger partial charge in [-0.3, -0.25) is 9.59 Å². The van der Waals surface area contributed by atoms with Gasteiger partial charge in [0.15, 0.2) is 0 Å². The largest absolute Gasteiger partial charge is 0.497 e. The lowest BCUT2D eigenvalue weighted by atomic mass is 9.92. The number of nitrogens with one attached hydrogen (secondary N) is 1. The molecule has 1 N–H and O–H groups in total. The molecular weight excluding hydrogens is 432 g/mol. The van der Waals surface area contributed by atoms with Gasteiger partial charge in [-0.1, -0.05) is 25.5 Å². The van der Waals surface area contributed by atoms with Crippen molar-refractivity contribution in [2.24, 2.45) is 5.92 Å². The topological polar surface area (TPSA) is 77.1 Å². The highest BCUT2D eigenvalue weighted by Crippen LogP contribution is 2.39. The maximum Gasteiger partial charge on any atom is 0.230 e. The predicted octanol–water partition coefficient (Wildman–Crippen LogP) is 4.58. The van der Waals surface area contributed by atoms with Gasteiger partial charge < -0.3 is 24.4 Å². The average molecular weight is 467 g/mol. The van der Waals surface area contributed by atoms with Crippen molar-refractivity contribution >= 4 is 17.5 Å². The van der Waals surface area contributed by atoms with Crippen LogP contribution < -0.4 is 14.8 Å². The van der Waals surface area contributed by atoms with Gasteiger partial charge in [-0.15, -0.1) is 0 Å². The molecule has 0 bridgehead atoms. The number of methoxy groups -OCH3 is 1. The highest BCUT2D eigenvalue weighted by molar-refractivity contribution is 5.98. The van der Waals surface area contributed by atoms with E-state index in [9.17, 15) is 9.59 Å². The lowest BCUT2D eigenvalue weighted by Gasteiger charge is -2.28. The summed E-state index contributed by atoms with van der Waals surface area (Å²) in [6.07, 6.45) is 4.35. The van der Waals surface area contributed by atoms with Crippen LogP contribution in [0.25, 0.3) is 0 Å². The van der Waals surface area contributed by atoms with Gasteiger partial charge in [0.05, 0.1) is 25.2 Å². The van der Waals surface area contributed by atoms with E-state index in [2.05, 4.69) is 12.2 Å². The fraction of sp³-hybridized carbons (Fsp3) is 0.481. The van der Waals surface area contributed by atoms with Crippen LogP contribution in [0.3, 0.4) is 0 Å². The van der Waals surface area contributed by atoms with Crippen molar-refractivity contribution in [3.05, 3.63) is 54.1 Å². The van der Waals surface area contributed by atoms with E-state index >= 15 is 0 Å². The van der Waals surface area contributed by atoms with E-state index < -0.39 is 5.92 Å². The van der Waals surface area contributed by atoms with E-state index in [0.29, 0.717) is 18.8 Å². The molecule has 2 fully saturated rings. The lowest BCUT2D eigenvalue weighted by molar-refractivity contribution is -0.129. The third-order valence-electron chi connectivity index (χ3n) is 6.56. The number of unbranched alkanes of at least 4 members (excludes halogenated alkanes) is 1. The summed E-state index contributed by atoms with van der Waals surface area (Å²) in [5.74, 6) is 0.893. The van der Waals surface area contributed by atoms with Crippen LogP contribution in [-0.2, 0) is 14.3 Å². The highest BCUT2D eigenvalue weighted by atomic mass is 16.5. The number of carbonyl (C=O) groups is 2. The van der Waals surface area contributed by atoms with E-state index in [4.69, 9.17) is 14.2 Å². The number of nitrogens with zero attached hydrogens (tertiary/aromatic N) is 1. The molecule has 3 atom stereocenters. The molecule has 2 aliphatic heterocycles. The number of rotatable bonds is 10.